The van der Waals surface area contributed by atoms with E-state index < -0.39 is 21.7 Å². The van der Waals surface area contributed by atoms with Crippen molar-refractivity contribution in [2.45, 2.75) is 51.5 Å². The number of hydrogen-bond acceptors (Lipinski definition) is 8. The molecule has 37 heavy (non-hydrogen) atoms. The van der Waals surface area contributed by atoms with E-state index in [1.807, 2.05) is 13.8 Å². The third kappa shape index (κ3) is 5.67. The summed E-state index contributed by atoms with van der Waals surface area (Å²) in [4.78, 5) is 36.5. The topological polar surface area (TPSA) is 123 Å². The average Bonchev–Trinajstić information content (AvgIpc) is 3.48. The summed E-state index contributed by atoms with van der Waals surface area (Å²) < 4.78 is 33.0. The number of fused-ring (bicyclic) bond motifs is 1. The number of aromatic nitrogens is 3. The van der Waals surface area contributed by atoms with Crippen LogP contribution in [0.5, 0.6) is 0 Å². The van der Waals surface area contributed by atoms with E-state index in [0.29, 0.717) is 6.54 Å². The number of amides is 1. The summed E-state index contributed by atoms with van der Waals surface area (Å²) >= 11 is 0. The number of ether oxygens (including phenoxy) is 1. The lowest BCUT2D eigenvalue weighted by molar-refractivity contribution is -0.122. The molecular weight excluding hydrogens is 494 g/mol. The van der Waals surface area contributed by atoms with E-state index in [2.05, 4.69) is 15.3 Å². The second kappa shape index (κ2) is 10.2. The highest BCUT2D eigenvalue weighted by atomic mass is 32.2. The summed E-state index contributed by atoms with van der Waals surface area (Å²) in [6.07, 6.45) is 2.80. The van der Waals surface area contributed by atoms with E-state index in [0.717, 1.165) is 22.5 Å². The Kier molecular flexibility index (Phi) is 7.38. The molecule has 2 atom stereocenters. The number of hydrogen-bond donors (Lipinski definition) is 1. The molecular formula is C26H33N5O5S. The maximum atomic E-state index is 13.2. The van der Waals surface area contributed by atoms with Crippen molar-refractivity contribution in [3.05, 3.63) is 48.3 Å². The minimum absolute atomic E-state index is 0.0934. The highest BCUT2D eigenvalue weighted by Crippen LogP contribution is 2.25. The van der Waals surface area contributed by atoms with Gasteiger partial charge in [0.2, 0.25) is 0 Å². The fraction of sp³-hybridized carbons (Fsp3) is 0.462. The third-order valence-electron chi connectivity index (χ3n) is 6.40. The number of nitrogens with zero attached hydrogens (tertiary/aromatic N) is 4. The van der Waals surface area contributed by atoms with Crippen LogP contribution in [0, 0.1) is 18.8 Å². The molecule has 0 saturated carbocycles. The molecule has 1 aromatic carbocycles. The van der Waals surface area contributed by atoms with Crippen LogP contribution in [0.4, 0.5) is 10.6 Å². The van der Waals surface area contributed by atoms with Crippen molar-refractivity contribution in [1.29, 1.82) is 0 Å². The number of carbonyl (C=O) groups excluding carboxylic acids is 2. The Labute approximate surface area is 217 Å². The maximum Gasteiger partial charge on any atom is 0.416 e. The minimum atomic E-state index is -3.90. The van der Waals surface area contributed by atoms with E-state index in [1.165, 1.54) is 35.5 Å². The maximum absolute atomic E-state index is 13.2. The molecule has 11 heteroatoms. The molecule has 1 fully saturated rings. The number of nitrogens with one attached hydrogen (secondary N) is 1. The standard InChI is InChI=1S/C26H33N5O5S/c1-6-18-13-27-14-20(18)22(32)16-30(25(33)36-26(3,4)5)23-15-28-24-21(29-23)11-12-31(24)37(34,35)19-9-7-17(2)8-10-19/h7-12,15,18,20,27H,6,13-14,16H2,1-5H3/t18-,20+/m1/s1. The van der Waals surface area contributed by atoms with Crippen molar-refractivity contribution in [3.63, 3.8) is 0 Å². The molecule has 1 aliphatic heterocycles. The zero-order valence-electron chi connectivity index (χ0n) is 21.8. The molecule has 0 radical (unpaired) electrons. The molecule has 2 aromatic heterocycles. The number of rotatable bonds is 7. The van der Waals surface area contributed by atoms with Crippen molar-refractivity contribution < 1.29 is 22.7 Å². The highest BCUT2D eigenvalue weighted by molar-refractivity contribution is 7.90. The molecule has 1 amide bonds. The summed E-state index contributed by atoms with van der Waals surface area (Å²) in [7, 11) is -3.90. The van der Waals surface area contributed by atoms with Gasteiger partial charge < -0.3 is 10.1 Å². The first-order valence-electron chi connectivity index (χ1n) is 12.3. The van der Waals surface area contributed by atoms with Gasteiger partial charge in [0, 0.05) is 18.7 Å². The van der Waals surface area contributed by atoms with Gasteiger partial charge in [-0.15, -0.1) is 0 Å². The Hall–Kier alpha value is -3.31. The molecule has 0 unspecified atom stereocenters. The number of anilines is 1. The lowest BCUT2D eigenvalue weighted by atomic mass is 9.90. The van der Waals surface area contributed by atoms with Crippen molar-refractivity contribution in [3.8, 4) is 0 Å². The van der Waals surface area contributed by atoms with Gasteiger partial charge in [0.1, 0.15) is 11.1 Å². The highest BCUT2D eigenvalue weighted by Gasteiger charge is 2.35. The van der Waals surface area contributed by atoms with E-state index in [1.54, 1.807) is 32.9 Å². The second-order valence-electron chi connectivity index (χ2n) is 10.3. The average molecular weight is 528 g/mol. The molecule has 4 rings (SSSR count). The second-order valence-corrected chi connectivity index (χ2v) is 12.1. The van der Waals surface area contributed by atoms with Crippen LogP contribution in [0.2, 0.25) is 0 Å². The van der Waals surface area contributed by atoms with Crippen molar-refractivity contribution in [1.82, 2.24) is 19.3 Å². The first kappa shape index (κ1) is 26.7. The van der Waals surface area contributed by atoms with Crippen molar-refractivity contribution >= 4 is 38.9 Å². The monoisotopic (exact) mass is 527 g/mol. The summed E-state index contributed by atoms with van der Waals surface area (Å²) in [5, 5.41) is 3.25. The van der Waals surface area contributed by atoms with Gasteiger partial charge in [-0.25, -0.2) is 27.2 Å². The van der Waals surface area contributed by atoms with Crippen LogP contribution in [0.3, 0.4) is 0 Å². The number of ketones is 1. The Bertz CT molecular complexity index is 1410. The number of aryl methyl sites for hydroxylation is 1. The third-order valence-corrected chi connectivity index (χ3v) is 8.08. The van der Waals surface area contributed by atoms with Gasteiger partial charge >= 0.3 is 6.09 Å². The molecule has 10 nitrogen and oxygen atoms in total. The predicted octanol–water partition coefficient (Wildman–Crippen LogP) is 3.53. The van der Waals surface area contributed by atoms with Crippen LogP contribution in [-0.2, 0) is 19.6 Å². The Balaban J connectivity index is 1.69. The molecule has 0 aliphatic carbocycles. The zero-order chi connectivity index (χ0) is 27.0. The van der Waals surface area contributed by atoms with Gasteiger partial charge in [0.25, 0.3) is 10.0 Å². The molecule has 1 aliphatic rings. The Morgan fingerprint density at radius 2 is 1.86 bits per heavy atom. The molecule has 3 aromatic rings. The molecule has 1 N–H and O–H groups in total. The minimum Gasteiger partial charge on any atom is -0.443 e. The lowest BCUT2D eigenvalue weighted by Crippen LogP contribution is -2.43. The Morgan fingerprint density at radius 3 is 2.51 bits per heavy atom. The molecule has 3 heterocycles. The van der Waals surface area contributed by atoms with Gasteiger partial charge in [0.05, 0.1) is 17.6 Å². The van der Waals surface area contributed by atoms with E-state index in [9.17, 15) is 18.0 Å². The largest absolute Gasteiger partial charge is 0.443 e. The SMILES string of the molecule is CC[C@@H]1CNC[C@@H]1C(=O)CN(C(=O)OC(C)(C)C)c1cnc2c(ccn2S(=O)(=O)c2ccc(C)cc2)n1. The molecule has 1 saturated heterocycles. The lowest BCUT2D eigenvalue weighted by Gasteiger charge is -2.27. The zero-order valence-corrected chi connectivity index (χ0v) is 22.6. The summed E-state index contributed by atoms with van der Waals surface area (Å²) in [6.45, 7) is 10.2. The van der Waals surface area contributed by atoms with Gasteiger partial charge in [0.15, 0.2) is 17.2 Å². The fourth-order valence-corrected chi connectivity index (χ4v) is 5.69. The van der Waals surface area contributed by atoms with Crippen molar-refractivity contribution in [2.75, 3.05) is 24.5 Å². The Morgan fingerprint density at radius 1 is 1.16 bits per heavy atom. The van der Waals surface area contributed by atoms with Gasteiger partial charge in [-0.1, -0.05) is 31.0 Å². The van der Waals surface area contributed by atoms with Crippen LogP contribution in [-0.4, -0.2) is 59.5 Å². The molecule has 0 bridgehead atoms. The first-order chi connectivity index (χ1) is 17.4. The van der Waals surface area contributed by atoms with E-state index in [-0.39, 0.29) is 46.0 Å². The van der Waals surface area contributed by atoms with E-state index in [4.69, 9.17) is 4.74 Å². The number of Topliss-reactive ketones (excluding diaryl/α,β-unsaturated/α-hetero) is 1. The van der Waals surface area contributed by atoms with Crippen LogP contribution in [0.25, 0.3) is 11.2 Å². The predicted molar refractivity (Wildman–Crippen MR) is 140 cm³/mol. The van der Waals surface area contributed by atoms with Crippen LogP contribution in [0.1, 0.15) is 39.7 Å². The quantitative estimate of drug-likeness (QED) is 0.495. The van der Waals surface area contributed by atoms with Gasteiger partial charge in [-0.05, 0) is 58.4 Å². The number of carbonyl (C=O) groups is 2. The number of benzene rings is 1. The normalized spacial score (nSPS) is 18.2. The first-order valence-corrected chi connectivity index (χ1v) is 13.7. The van der Waals surface area contributed by atoms with Crippen LogP contribution < -0.4 is 10.2 Å². The van der Waals surface area contributed by atoms with Crippen LogP contribution >= 0.6 is 0 Å². The van der Waals surface area contributed by atoms with E-state index >= 15 is 0 Å². The smallest absolute Gasteiger partial charge is 0.416 e. The van der Waals surface area contributed by atoms with Gasteiger partial charge in [-0.3, -0.25) is 9.69 Å². The molecule has 198 valence electrons. The van der Waals surface area contributed by atoms with Crippen molar-refractivity contribution in [2.24, 2.45) is 11.8 Å². The summed E-state index contributed by atoms with van der Waals surface area (Å²) in [5.41, 5.74) is 0.535. The summed E-state index contributed by atoms with van der Waals surface area (Å²) in [6, 6.07) is 8.04. The fourth-order valence-electron chi connectivity index (χ4n) is 4.39. The summed E-state index contributed by atoms with van der Waals surface area (Å²) in [5.74, 6) is -0.00126. The molecule has 0 spiro atoms. The van der Waals surface area contributed by atoms with Crippen LogP contribution in [0.15, 0.2) is 47.6 Å². The van der Waals surface area contributed by atoms with Gasteiger partial charge in [-0.2, -0.15) is 0 Å².